The van der Waals surface area contributed by atoms with Crippen LogP contribution in [0.3, 0.4) is 0 Å². The topological polar surface area (TPSA) is 157 Å². The van der Waals surface area contributed by atoms with Crippen molar-refractivity contribution in [1.29, 1.82) is 0 Å². The molecule has 28 heavy (non-hydrogen) atoms. The summed E-state index contributed by atoms with van der Waals surface area (Å²) >= 11 is 0. The Morgan fingerprint density at radius 3 is 2.18 bits per heavy atom. The lowest BCUT2D eigenvalue weighted by molar-refractivity contribution is -0.137. The monoisotopic (exact) mass is 418 g/mol. The Balaban J connectivity index is 2.39. The lowest BCUT2D eigenvalue weighted by atomic mass is 10.2. The summed E-state index contributed by atoms with van der Waals surface area (Å²) in [5, 5.41) is 8.75. The highest BCUT2D eigenvalue weighted by molar-refractivity contribution is 7.91. The highest BCUT2D eigenvalue weighted by atomic mass is 32.2. The molecule has 0 fully saturated rings. The van der Waals surface area contributed by atoms with E-state index in [1.165, 1.54) is 0 Å². The summed E-state index contributed by atoms with van der Waals surface area (Å²) in [6.07, 6.45) is -3.88. The number of hydrogen-bond donors (Lipinski definition) is 3. The number of nitrogens with zero attached hydrogens (tertiary/aromatic N) is 2. The van der Waals surface area contributed by atoms with Gasteiger partial charge in [0.2, 0.25) is 9.84 Å². The van der Waals surface area contributed by atoms with Gasteiger partial charge in [0.1, 0.15) is 6.61 Å². The van der Waals surface area contributed by atoms with E-state index in [2.05, 4.69) is 4.98 Å². The van der Waals surface area contributed by atoms with E-state index in [0.29, 0.717) is 12.1 Å². The highest BCUT2D eigenvalue weighted by Crippen LogP contribution is 2.31. The van der Waals surface area contributed by atoms with E-state index < -0.39 is 61.2 Å². The third-order valence-electron chi connectivity index (χ3n) is 3.52. The van der Waals surface area contributed by atoms with Gasteiger partial charge in [-0.3, -0.25) is 9.59 Å². The van der Waals surface area contributed by atoms with Gasteiger partial charge in [-0.25, -0.2) is 24.3 Å². The molecule has 1 aromatic heterocycles. The van der Waals surface area contributed by atoms with Crippen LogP contribution < -0.4 is 11.6 Å². The predicted octanol–water partition coefficient (Wildman–Crippen LogP) is 0.350. The molecule has 0 radical (unpaired) electrons. The minimum absolute atomic E-state index is 0.0583. The molecule has 0 saturated carbocycles. The van der Waals surface area contributed by atoms with Crippen molar-refractivity contribution in [3.63, 3.8) is 0 Å². The predicted molar refractivity (Wildman–Crippen MR) is 88.0 cm³/mol. The van der Waals surface area contributed by atoms with Crippen molar-refractivity contribution < 1.29 is 36.3 Å². The van der Waals surface area contributed by atoms with Gasteiger partial charge in [-0.2, -0.15) is 13.2 Å². The number of sulfone groups is 1. The largest absolute Gasteiger partial charge is 0.416 e. The number of anilines is 1. The maximum Gasteiger partial charge on any atom is 0.416 e. The Bertz CT molecular complexity index is 1020. The number of hydrogen-bond acceptors (Lipinski definition) is 8. The molecule has 0 unspecified atom stereocenters. The number of halogens is 3. The molecule has 0 aliphatic carbocycles. The number of rotatable bonds is 4. The molecule has 2 amide bonds. The Hall–Kier alpha value is -3.03. The Morgan fingerprint density at radius 1 is 1.14 bits per heavy atom. The average molecular weight is 418 g/mol. The number of alkyl halides is 3. The SMILES string of the molecule is Nc1cc(S(=O)(=O)c2ccc(C(F)(F)F)cc2)cnc1C(=O)N(N)C(=O)CO. The number of carbonyl (C=O) groups excluding carboxylic acids is 2. The first kappa shape index (κ1) is 21.3. The lowest BCUT2D eigenvalue weighted by Gasteiger charge is -2.14. The van der Waals surface area contributed by atoms with Gasteiger partial charge in [-0.15, -0.1) is 0 Å². The summed E-state index contributed by atoms with van der Waals surface area (Å²) in [4.78, 5) is 25.9. The number of nitrogens with two attached hydrogens (primary N) is 2. The summed E-state index contributed by atoms with van der Waals surface area (Å²) < 4.78 is 62.9. The van der Waals surface area contributed by atoms with E-state index >= 15 is 0 Å². The van der Waals surface area contributed by atoms with E-state index in [1.807, 2.05) is 0 Å². The normalized spacial score (nSPS) is 11.9. The van der Waals surface area contributed by atoms with Crippen LogP contribution in [0.5, 0.6) is 0 Å². The van der Waals surface area contributed by atoms with Crippen molar-refractivity contribution in [2.45, 2.75) is 16.0 Å². The third-order valence-corrected chi connectivity index (χ3v) is 5.26. The van der Waals surface area contributed by atoms with Crippen LogP contribution in [0.1, 0.15) is 16.1 Å². The van der Waals surface area contributed by atoms with Crippen molar-refractivity contribution in [2.24, 2.45) is 5.84 Å². The van der Waals surface area contributed by atoms with Crippen LogP contribution in [0.15, 0.2) is 46.3 Å². The van der Waals surface area contributed by atoms with Crippen molar-refractivity contribution in [3.05, 3.63) is 47.8 Å². The van der Waals surface area contributed by atoms with Gasteiger partial charge >= 0.3 is 6.18 Å². The van der Waals surface area contributed by atoms with Crippen molar-refractivity contribution in [3.8, 4) is 0 Å². The number of aliphatic hydroxyl groups excluding tert-OH is 1. The molecule has 2 rings (SSSR count). The molecule has 2 aromatic rings. The van der Waals surface area contributed by atoms with E-state index in [-0.39, 0.29) is 5.01 Å². The van der Waals surface area contributed by atoms with Crippen LogP contribution in [-0.4, -0.2) is 41.9 Å². The maximum absolute atomic E-state index is 12.6. The molecule has 13 heteroatoms. The third kappa shape index (κ3) is 4.11. The summed E-state index contributed by atoms with van der Waals surface area (Å²) in [7, 11) is -4.28. The van der Waals surface area contributed by atoms with Gasteiger partial charge in [0, 0.05) is 6.20 Å². The van der Waals surface area contributed by atoms with E-state index in [1.54, 1.807) is 0 Å². The Morgan fingerprint density at radius 2 is 1.71 bits per heavy atom. The smallest absolute Gasteiger partial charge is 0.397 e. The molecule has 5 N–H and O–H groups in total. The summed E-state index contributed by atoms with van der Waals surface area (Å²) in [5.74, 6) is 2.87. The van der Waals surface area contributed by atoms with Crippen LogP contribution in [0.2, 0.25) is 0 Å². The van der Waals surface area contributed by atoms with Crippen molar-refractivity contribution in [2.75, 3.05) is 12.3 Å². The molecular formula is C15H13F3N4O5S. The molecule has 0 aliphatic rings. The van der Waals surface area contributed by atoms with Gasteiger partial charge in [-0.05, 0) is 30.3 Å². The first-order valence-corrected chi connectivity index (χ1v) is 8.78. The number of benzene rings is 1. The van der Waals surface area contributed by atoms with Crippen LogP contribution in [-0.2, 0) is 20.8 Å². The first-order valence-electron chi connectivity index (χ1n) is 7.30. The quantitative estimate of drug-likeness (QED) is 0.365. The number of carbonyl (C=O) groups is 2. The standard InChI is InChI=1S/C15H13F3N4O5S/c16-15(17,18)8-1-3-9(4-2-8)28(26,27)10-5-11(19)13(21-6-10)14(25)22(20)12(24)7-23/h1-6,23H,7,19-20H2. The second-order valence-electron chi connectivity index (χ2n) is 5.36. The van der Waals surface area contributed by atoms with Gasteiger partial charge < -0.3 is 10.8 Å². The molecule has 150 valence electrons. The van der Waals surface area contributed by atoms with Crippen LogP contribution in [0.4, 0.5) is 18.9 Å². The minimum Gasteiger partial charge on any atom is -0.397 e. The number of amides is 2. The van der Waals surface area contributed by atoms with Crippen molar-refractivity contribution in [1.82, 2.24) is 9.99 Å². The van der Waals surface area contributed by atoms with Gasteiger partial charge in [0.05, 0.1) is 21.0 Å². The number of nitrogen functional groups attached to an aromatic ring is 1. The molecule has 0 saturated heterocycles. The second-order valence-corrected chi connectivity index (χ2v) is 7.31. The molecule has 0 aliphatic heterocycles. The Labute approximate surface area is 156 Å². The summed E-state index contributed by atoms with van der Waals surface area (Å²) in [5.41, 5.74) is 3.59. The average Bonchev–Trinajstić information content (AvgIpc) is 2.65. The molecule has 1 heterocycles. The number of aliphatic hydroxyl groups is 1. The summed E-state index contributed by atoms with van der Waals surface area (Å²) in [6.45, 7) is -1.05. The fourth-order valence-electron chi connectivity index (χ4n) is 2.05. The molecule has 0 bridgehead atoms. The maximum atomic E-state index is 12.6. The lowest BCUT2D eigenvalue weighted by Crippen LogP contribution is -2.44. The second kappa shape index (κ2) is 7.53. The van der Waals surface area contributed by atoms with Crippen LogP contribution >= 0.6 is 0 Å². The fraction of sp³-hybridized carbons (Fsp3) is 0.133. The van der Waals surface area contributed by atoms with Gasteiger partial charge in [0.25, 0.3) is 11.8 Å². The molecule has 0 atom stereocenters. The number of pyridine rings is 1. The van der Waals surface area contributed by atoms with Gasteiger partial charge in [0.15, 0.2) is 5.69 Å². The molecular weight excluding hydrogens is 405 g/mol. The summed E-state index contributed by atoms with van der Waals surface area (Å²) in [6, 6.07) is 3.61. The Kier molecular flexibility index (Phi) is 5.72. The zero-order valence-corrected chi connectivity index (χ0v) is 14.7. The zero-order valence-electron chi connectivity index (χ0n) is 13.8. The molecule has 9 nitrogen and oxygen atoms in total. The number of hydrazine groups is 1. The van der Waals surface area contributed by atoms with Crippen LogP contribution in [0, 0.1) is 0 Å². The van der Waals surface area contributed by atoms with Crippen LogP contribution in [0.25, 0.3) is 0 Å². The van der Waals surface area contributed by atoms with Gasteiger partial charge in [-0.1, -0.05) is 0 Å². The van der Waals surface area contributed by atoms with Crippen molar-refractivity contribution >= 4 is 27.3 Å². The number of aromatic nitrogens is 1. The van der Waals surface area contributed by atoms with E-state index in [4.69, 9.17) is 16.7 Å². The van der Waals surface area contributed by atoms with E-state index in [0.717, 1.165) is 24.4 Å². The highest BCUT2D eigenvalue weighted by Gasteiger charge is 2.31. The van der Waals surface area contributed by atoms with E-state index in [9.17, 15) is 31.2 Å². The molecule has 1 aromatic carbocycles. The molecule has 0 spiro atoms. The zero-order chi connectivity index (χ0) is 21.3. The fourth-order valence-corrected chi connectivity index (χ4v) is 3.29. The first-order chi connectivity index (χ1) is 12.9. The number of imide groups is 1. The minimum atomic E-state index is -4.63.